The normalized spacial score (nSPS) is 8.93. The average Bonchev–Trinajstić information content (AvgIpc) is 2.23. The van der Waals surface area contributed by atoms with Gasteiger partial charge >= 0.3 is 5.97 Å². The summed E-state index contributed by atoms with van der Waals surface area (Å²) in [6.07, 6.45) is 0.0719. The summed E-state index contributed by atoms with van der Waals surface area (Å²) in [5.74, 6) is 5.16. The average molecular weight is 268 g/mol. The van der Waals surface area contributed by atoms with E-state index in [1.807, 2.05) is 6.07 Å². The first-order chi connectivity index (χ1) is 7.13. The maximum atomic E-state index is 10.8. The van der Waals surface area contributed by atoms with Crippen molar-refractivity contribution in [3.05, 3.63) is 28.2 Å². The predicted octanol–water partition coefficient (Wildman–Crippen LogP) is 1.95. The quantitative estimate of drug-likeness (QED) is 0.481. The molecule has 0 bridgehead atoms. The van der Waals surface area contributed by atoms with Gasteiger partial charge in [0.2, 0.25) is 0 Å². The van der Waals surface area contributed by atoms with Crippen molar-refractivity contribution in [3.8, 4) is 11.8 Å². The maximum Gasteiger partial charge on any atom is 0.317 e. The third-order valence-corrected chi connectivity index (χ3v) is 2.19. The van der Waals surface area contributed by atoms with Crippen LogP contribution in [-0.2, 0) is 9.53 Å². The summed E-state index contributed by atoms with van der Waals surface area (Å²) in [5, 5.41) is 0. The number of benzene rings is 1. The first kappa shape index (κ1) is 11.6. The molecule has 0 aliphatic carbocycles. The molecule has 1 aromatic rings. The van der Waals surface area contributed by atoms with Crippen molar-refractivity contribution < 1.29 is 9.53 Å². The summed E-state index contributed by atoms with van der Waals surface area (Å²) in [6, 6.07) is 5.40. The molecule has 2 N–H and O–H groups in total. The number of hydrogen-bond acceptors (Lipinski definition) is 3. The molecule has 15 heavy (non-hydrogen) atoms. The molecular formula is C11H10BrNO2. The van der Waals surface area contributed by atoms with E-state index in [2.05, 4.69) is 32.5 Å². The molecule has 1 rings (SSSR count). The molecule has 1 aromatic carbocycles. The van der Waals surface area contributed by atoms with E-state index in [9.17, 15) is 4.79 Å². The highest BCUT2D eigenvalue weighted by atomic mass is 79.9. The lowest BCUT2D eigenvalue weighted by atomic mass is 10.2. The number of carbonyl (C=O) groups excluding carboxylic acids is 1. The number of anilines is 1. The molecule has 0 aliphatic heterocycles. The summed E-state index contributed by atoms with van der Waals surface area (Å²) < 4.78 is 5.36. The van der Waals surface area contributed by atoms with E-state index in [0.717, 1.165) is 4.47 Å². The smallest absolute Gasteiger partial charge is 0.317 e. The summed E-state index contributed by atoms with van der Waals surface area (Å²) in [6.45, 7) is 0. The van der Waals surface area contributed by atoms with E-state index >= 15 is 0 Å². The molecule has 0 aromatic heterocycles. The van der Waals surface area contributed by atoms with Gasteiger partial charge in [-0.05, 0) is 18.2 Å². The van der Waals surface area contributed by atoms with Crippen molar-refractivity contribution in [1.29, 1.82) is 0 Å². The molecule has 78 valence electrons. The molecule has 0 amide bonds. The van der Waals surface area contributed by atoms with Crippen LogP contribution in [0.3, 0.4) is 0 Å². The van der Waals surface area contributed by atoms with Crippen molar-refractivity contribution >= 4 is 27.6 Å². The van der Waals surface area contributed by atoms with Gasteiger partial charge in [-0.25, -0.2) is 0 Å². The highest BCUT2D eigenvalue weighted by Crippen LogP contribution is 2.17. The van der Waals surface area contributed by atoms with Crippen LogP contribution in [0.4, 0.5) is 5.69 Å². The standard InChI is InChI=1S/C11H10BrNO2/c1-15-11(14)4-2-3-8-7-9(12)5-6-10(8)13/h5-7H,4,13H2,1H3. The lowest BCUT2D eigenvalue weighted by Crippen LogP contribution is -1.97. The second-order valence-electron chi connectivity index (χ2n) is 2.79. The van der Waals surface area contributed by atoms with Gasteiger partial charge in [0.05, 0.1) is 7.11 Å². The van der Waals surface area contributed by atoms with E-state index in [-0.39, 0.29) is 12.4 Å². The molecule has 0 aliphatic rings. The largest absolute Gasteiger partial charge is 0.468 e. The SMILES string of the molecule is COC(=O)CC#Cc1cc(Br)ccc1N. The third kappa shape index (κ3) is 3.64. The number of carbonyl (C=O) groups is 1. The minimum Gasteiger partial charge on any atom is -0.468 e. The van der Waals surface area contributed by atoms with Gasteiger partial charge in [-0.1, -0.05) is 27.8 Å². The van der Waals surface area contributed by atoms with Crippen LogP contribution < -0.4 is 5.73 Å². The van der Waals surface area contributed by atoms with Crippen LogP contribution in [0.5, 0.6) is 0 Å². The van der Waals surface area contributed by atoms with Gasteiger partial charge in [0.25, 0.3) is 0 Å². The molecule has 0 radical (unpaired) electrons. The van der Waals surface area contributed by atoms with Crippen molar-refractivity contribution in [2.24, 2.45) is 0 Å². The zero-order chi connectivity index (χ0) is 11.3. The Kier molecular flexibility index (Phi) is 4.19. The van der Waals surface area contributed by atoms with Crippen LogP contribution >= 0.6 is 15.9 Å². The van der Waals surface area contributed by atoms with Crippen LogP contribution in [0.2, 0.25) is 0 Å². The molecule has 4 heteroatoms. The van der Waals surface area contributed by atoms with Gasteiger partial charge in [0, 0.05) is 15.7 Å². The van der Waals surface area contributed by atoms with Gasteiger partial charge in [-0.2, -0.15) is 0 Å². The van der Waals surface area contributed by atoms with Crippen molar-refractivity contribution in [1.82, 2.24) is 0 Å². The molecule has 3 nitrogen and oxygen atoms in total. The predicted molar refractivity (Wildman–Crippen MR) is 62.1 cm³/mol. The monoisotopic (exact) mass is 267 g/mol. The number of halogens is 1. The number of nitrogen functional groups attached to an aromatic ring is 1. The van der Waals surface area contributed by atoms with Crippen molar-refractivity contribution in [2.75, 3.05) is 12.8 Å². The van der Waals surface area contributed by atoms with Crippen LogP contribution in [0.25, 0.3) is 0 Å². The van der Waals surface area contributed by atoms with E-state index in [0.29, 0.717) is 11.3 Å². The number of esters is 1. The molecule has 0 atom stereocenters. The van der Waals surface area contributed by atoms with Crippen molar-refractivity contribution in [3.63, 3.8) is 0 Å². The topological polar surface area (TPSA) is 52.3 Å². The third-order valence-electron chi connectivity index (χ3n) is 1.70. The molecule has 0 fully saturated rings. The molecule has 0 unspecified atom stereocenters. The highest BCUT2D eigenvalue weighted by molar-refractivity contribution is 9.10. The highest BCUT2D eigenvalue weighted by Gasteiger charge is 1.97. The molecule has 0 heterocycles. The summed E-state index contributed by atoms with van der Waals surface area (Å²) in [7, 11) is 1.33. The van der Waals surface area contributed by atoms with Crippen LogP contribution in [0.15, 0.2) is 22.7 Å². The van der Waals surface area contributed by atoms with Crippen LogP contribution in [0.1, 0.15) is 12.0 Å². The summed E-state index contributed by atoms with van der Waals surface area (Å²) in [5.41, 5.74) is 6.99. The fourth-order valence-electron chi connectivity index (χ4n) is 0.921. The lowest BCUT2D eigenvalue weighted by molar-refractivity contribution is -0.139. The Hall–Kier alpha value is -1.47. The molecule has 0 saturated carbocycles. The minimum atomic E-state index is -0.351. The first-order valence-corrected chi connectivity index (χ1v) is 5.03. The Balaban J connectivity index is 2.79. The molecule has 0 saturated heterocycles. The maximum absolute atomic E-state index is 10.8. The zero-order valence-corrected chi connectivity index (χ0v) is 9.80. The van der Waals surface area contributed by atoms with Gasteiger partial charge in [0.15, 0.2) is 0 Å². The fraction of sp³-hybridized carbons (Fsp3) is 0.182. The van der Waals surface area contributed by atoms with Crippen molar-refractivity contribution in [2.45, 2.75) is 6.42 Å². The number of hydrogen-bond donors (Lipinski definition) is 1. The zero-order valence-electron chi connectivity index (χ0n) is 8.21. The van der Waals surface area contributed by atoms with Gasteiger partial charge in [0.1, 0.15) is 6.42 Å². The Morgan fingerprint density at radius 1 is 1.60 bits per heavy atom. The summed E-state index contributed by atoms with van der Waals surface area (Å²) >= 11 is 3.32. The van der Waals surface area contributed by atoms with E-state index < -0.39 is 0 Å². The molecule has 0 spiro atoms. The Morgan fingerprint density at radius 3 is 3.00 bits per heavy atom. The van der Waals surface area contributed by atoms with E-state index in [1.165, 1.54) is 7.11 Å². The van der Waals surface area contributed by atoms with Gasteiger partial charge in [-0.15, -0.1) is 0 Å². The van der Waals surface area contributed by atoms with Crippen LogP contribution in [-0.4, -0.2) is 13.1 Å². The fourth-order valence-corrected chi connectivity index (χ4v) is 1.28. The minimum absolute atomic E-state index is 0.0719. The number of nitrogens with two attached hydrogens (primary N) is 1. The van der Waals surface area contributed by atoms with Gasteiger partial charge < -0.3 is 10.5 Å². The Morgan fingerprint density at radius 2 is 2.33 bits per heavy atom. The second kappa shape index (κ2) is 5.42. The number of methoxy groups -OCH3 is 1. The number of ether oxygens (including phenoxy) is 1. The lowest BCUT2D eigenvalue weighted by Gasteiger charge is -1.97. The first-order valence-electron chi connectivity index (χ1n) is 4.24. The second-order valence-corrected chi connectivity index (χ2v) is 3.70. The van der Waals surface area contributed by atoms with Crippen LogP contribution in [0, 0.1) is 11.8 Å². The van der Waals surface area contributed by atoms with E-state index in [1.54, 1.807) is 12.1 Å². The summed E-state index contributed by atoms with van der Waals surface area (Å²) in [4.78, 5) is 10.8. The Labute approximate surface area is 96.7 Å². The van der Waals surface area contributed by atoms with Gasteiger partial charge in [-0.3, -0.25) is 4.79 Å². The molecular weight excluding hydrogens is 258 g/mol. The van der Waals surface area contributed by atoms with E-state index in [4.69, 9.17) is 5.73 Å². The number of rotatable bonds is 1. The Bertz CT molecular complexity index is 432.